The predicted octanol–water partition coefficient (Wildman–Crippen LogP) is 3.80. The second kappa shape index (κ2) is 7.30. The number of hydrogen-bond donors (Lipinski definition) is 0. The van der Waals surface area contributed by atoms with Crippen LogP contribution in [-0.4, -0.2) is 49.9 Å². The minimum absolute atomic E-state index is 0.243. The molecule has 1 aliphatic rings. The van der Waals surface area contributed by atoms with Crippen LogP contribution in [0.5, 0.6) is 5.75 Å². The normalized spacial score (nSPS) is 16.0. The molecule has 0 N–H and O–H groups in total. The number of halogens is 1. The number of nitrogens with zero attached hydrogens (tertiary/aromatic N) is 2. The molecule has 1 heterocycles. The Morgan fingerprint density at radius 2 is 1.91 bits per heavy atom. The van der Waals surface area contributed by atoms with Crippen molar-refractivity contribution >= 4 is 23.4 Å². The summed E-state index contributed by atoms with van der Waals surface area (Å²) in [5, 5.41) is 0.599. The Kier molecular flexibility index (Phi) is 5.63. The van der Waals surface area contributed by atoms with Gasteiger partial charge < -0.3 is 19.3 Å². The van der Waals surface area contributed by atoms with E-state index in [4.69, 9.17) is 21.1 Å². The Morgan fingerprint density at radius 3 is 2.57 bits per heavy atom. The lowest BCUT2D eigenvalue weighted by atomic mass is 10.2. The van der Waals surface area contributed by atoms with Gasteiger partial charge in [0, 0.05) is 37.9 Å². The zero-order valence-electron chi connectivity index (χ0n) is 14.3. The fraction of sp³-hybridized carbons (Fsp3) is 0.588. The van der Waals surface area contributed by atoms with Crippen molar-refractivity contribution < 1.29 is 14.3 Å². The third kappa shape index (κ3) is 4.93. The molecule has 0 aliphatic carbocycles. The van der Waals surface area contributed by atoms with Crippen molar-refractivity contribution in [3.8, 4) is 5.75 Å². The Bertz CT molecular complexity index is 557. The van der Waals surface area contributed by atoms with Gasteiger partial charge in [0.2, 0.25) is 0 Å². The summed E-state index contributed by atoms with van der Waals surface area (Å²) in [4.78, 5) is 16.2. The molecule has 128 valence electrons. The molecule has 1 saturated heterocycles. The highest BCUT2D eigenvalue weighted by Gasteiger charge is 2.24. The molecule has 0 bridgehead atoms. The van der Waals surface area contributed by atoms with E-state index < -0.39 is 5.60 Å². The molecule has 23 heavy (non-hydrogen) atoms. The van der Waals surface area contributed by atoms with Gasteiger partial charge >= 0.3 is 6.09 Å². The first-order chi connectivity index (χ1) is 10.8. The third-order valence-electron chi connectivity index (χ3n) is 3.65. The highest BCUT2D eigenvalue weighted by molar-refractivity contribution is 6.32. The van der Waals surface area contributed by atoms with Crippen molar-refractivity contribution in [1.82, 2.24) is 4.90 Å². The molecule has 1 fully saturated rings. The number of ether oxygens (including phenoxy) is 2. The molecule has 1 aromatic rings. The van der Waals surface area contributed by atoms with Crippen LogP contribution in [0.25, 0.3) is 0 Å². The summed E-state index contributed by atoms with van der Waals surface area (Å²) in [7, 11) is 1.61. The summed E-state index contributed by atoms with van der Waals surface area (Å²) in [5.41, 5.74) is 0.587. The van der Waals surface area contributed by atoms with Crippen molar-refractivity contribution in [2.45, 2.75) is 32.8 Å². The molecule has 1 aliphatic heterocycles. The Balaban J connectivity index is 2.02. The van der Waals surface area contributed by atoms with Crippen molar-refractivity contribution in [3.63, 3.8) is 0 Å². The maximum atomic E-state index is 12.2. The summed E-state index contributed by atoms with van der Waals surface area (Å²) < 4.78 is 10.7. The fourth-order valence-electron chi connectivity index (χ4n) is 2.53. The molecule has 6 heteroatoms. The summed E-state index contributed by atoms with van der Waals surface area (Å²) in [6.07, 6.45) is 0.650. The fourth-order valence-corrected chi connectivity index (χ4v) is 2.72. The number of benzene rings is 1. The second-order valence-corrected chi connectivity index (χ2v) is 7.03. The average molecular weight is 341 g/mol. The van der Waals surface area contributed by atoms with Crippen LogP contribution < -0.4 is 9.64 Å². The molecule has 0 atom stereocenters. The standard InChI is InChI=1S/C17H25ClN2O3/c1-17(2,3)23-16(21)20-9-5-8-19(10-11-20)13-6-7-14(18)15(12-13)22-4/h6-7,12H,5,8-11H2,1-4H3. The summed E-state index contributed by atoms with van der Waals surface area (Å²) in [6, 6.07) is 5.76. The first-order valence-corrected chi connectivity index (χ1v) is 8.24. The first kappa shape index (κ1) is 17.7. The van der Waals surface area contributed by atoms with Gasteiger partial charge in [-0.15, -0.1) is 0 Å². The van der Waals surface area contributed by atoms with E-state index in [1.54, 1.807) is 12.0 Å². The van der Waals surface area contributed by atoms with E-state index in [1.165, 1.54) is 0 Å². The molecule has 0 radical (unpaired) electrons. The molecule has 1 aromatic carbocycles. The molecule has 0 saturated carbocycles. The van der Waals surface area contributed by atoms with E-state index >= 15 is 0 Å². The maximum Gasteiger partial charge on any atom is 0.410 e. The maximum absolute atomic E-state index is 12.2. The van der Waals surface area contributed by atoms with E-state index in [-0.39, 0.29) is 6.09 Å². The third-order valence-corrected chi connectivity index (χ3v) is 3.96. The van der Waals surface area contributed by atoms with Crippen LogP contribution in [0, 0.1) is 0 Å². The number of hydrogen-bond acceptors (Lipinski definition) is 4. The van der Waals surface area contributed by atoms with E-state index in [2.05, 4.69) is 4.90 Å². The zero-order valence-corrected chi connectivity index (χ0v) is 15.0. The van der Waals surface area contributed by atoms with Crippen LogP contribution in [0.2, 0.25) is 5.02 Å². The summed E-state index contributed by atoms with van der Waals surface area (Å²) in [6.45, 7) is 8.63. The van der Waals surface area contributed by atoms with Crippen LogP contribution in [-0.2, 0) is 4.74 Å². The van der Waals surface area contributed by atoms with Crippen molar-refractivity contribution in [2.75, 3.05) is 38.2 Å². The molecule has 0 spiro atoms. The Labute approximate surface area is 143 Å². The van der Waals surface area contributed by atoms with Crippen LogP contribution in [0.4, 0.5) is 10.5 Å². The largest absolute Gasteiger partial charge is 0.495 e. The smallest absolute Gasteiger partial charge is 0.410 e. The van der Waals surface area contributed by atoms with E-state index in [1.807, 2.05) is 39.0 Å². The van der Waals surface area contributed by atoms with Crippen LogP contribution in [0.1, 0.15) is 27.2 Å². The van der Waals surface area contributed by atoms with Gasteiger partial charge in [-0.2, -0.15) is 0 Å². The molecule has 0 aromatic heterocycles. The molecular formula is C17H25ClN2O3. The summed E-state index contributed by atoms with van der Waals surface area (Å²) in [5.74, 6) is 0.664. The van der Waals surface area contributed by atoms with Gasteiger partial charge in [-0.25, -0.2) is 4.79 Å². The van der Waals surface area contributed by atoms with Gasteiger partial charge in [0.1, 0.15) is 11.4 Å². The number of amides is 1. The SMILES string of the molecule is COc1cc(N2CCCN(C(=O)OC(C)(C)C)CC2)ccc1Cl. The Morgan fingerprint density at radius 1 is 1.17 bits per heavy atom. The van der Waals surface area contributed by atoms with Gasteiger partial charge in [0.25, 0.3) is 0 Å². The molecule has 5 nitrogen and oxygen atoms in total. The zero-order chi connectivity index (χ0) is 17.0. The summed E-state index contributed by atoms with van der Waals surface area (Å²) >= 11 is 6.08. The van der Waals surface area contributed by atoms with Crippen molar-refractivity contribution in [1.29, 1.82) is 0 Å². The Hall–Kier alpha value is -1.62. The highest BCUT2D eigenvalue weighted by Crippen LogP contribution is 2.29. The van der Waals surface area contributed by atoms with Gasteiger partial charge in [-0.3, -0.25) is 0 Å². The van der Waals surface area contributed by atoms with Crippen molar-refractivity contribution in [2.24, 2.45) is 0 Å². The van der Waals surface area contributed by atoms with Gasteiger partial charge in [0.05, 0.1) is 12.1 Å². The minimum atomic E-state index is -0.466. The van der Waals surface area contributed by atoms with E-state index in [0.29, 0.717) is 23.9 Å². The average Bonchev–Trinajstić information content (AvgIpc) is 2.72. The lowest BCUT2D eigenvalue weighted by Crippen LogP contribution is -2.39. The number of methoxy groups -OCH3 is 1. The van der Waals surface area contributed by atoms with Crippen LogP contribution >= 0.6 is 11.6 Å². The lowest BCUT2D eigenvalue weighted by molar-refractivity contribution is 0.0263. The number of carbonyl (C=O) groups is 1. The second-order valence-electron chi connectivity index (χ2n) is 6.63. The molecule has 1 amide bonds. The van der Waals surface area contributed by atoms with Crippen molar-refractivity contribution in [3.05, 3.63) is 23.2 Å². The van der Waals surface area contributed by atoms with Crippen LogP contribution in [0.15, 0.2) is 18.2 Å². The van der Waals surface area contributed by atoms with Gasteiger partial charge in [0.15, 0.2) is 0 Å². The van der Waals surface area contributed by atoms with E-state index in [9.17, 15) is 4.79 Å². The number of rotatable bonds is 2. The topological polar surface area (TPSA) is 42.0 Å². The molecule has 2 rings (SSSR count). The quantitative estimate of drug-likeness (QED) is 0.821. The minimum Gasteiger partial charge on any atom is -0.495 e. The van der Waals surface area contributed by atoms with Gasteiger partial charge in [-0.05, 0) is 39.3 Å². The lowest BCUT2D eigenvalue weighted by Gasteiger charge is -2.27. The first-order valence-electron chi connectivity index (χ1n) is 7.86. The monoisotopic (exact) mass is 340 g/mol. The van der Waals surface area contributed by atoms with Crippen LogP contribution in [0.3, 0.4) is 0 Å². The molecule has 0 unspecified atom stereocenters. The number of anilines is 1. The number of carbonyl (C=O) groups excluding carboxylic acids is 1. The molecular weight excluding hydrogens is 316 g/mol. The predicted molar refractivity (Wildman–Crippen MR) is 92.6 cm³/mol. The highest BCUT2D eigenvalue weighted by atomic mass is 35.5. The van der Waals surface area contributed by atoms with Gasteiger partial charge in [-0.1, -0.05) is 11.6 Å². The van der Waals surface area contributed by atoms with E-state index in [0.717, 1.165) is 25.2 Å².